The van der Waals surface area contributed by atoms with Crippen molar-refractivity contribution in [3.8, 4) is 0 Å². The maximum atomic E-state index is 14.2. The lowest BCUT2D eigenvalue weighted by atomic mass is 9.85. The van der Waals surface area contributed by atoms with Gasteiger partial charge in [0, 0.05) is 43.5 Å². The number of nitrogens with one attached hydrogen (secondary N) is 1. The highest BCUT2D eigenvalue weighted by Crippen LogP contribution is 2.27. The number of aromatic nitrogens is 2. The Kier molecular flexibility index (Phi) is 14.0. The van der Waals surface area contributed by atoms with E-state index in [1.165, 1.54) is 16.9 Å². The van der Waals surface area contributed by atoms with Crippen molar-refractivity contribution in [2.75, 3.05) is 13.6 Å². The Morgan fingerprint density at radius 1 is 0.980 bits per heavy atom. The van der Waals surface area contributed by atoms with Gasteiger partial charge in [-0.15, -0.1) is 22.7 Å². The normalized spacial score (nSPS) is 15.8. The van der Waals surface area contributed by atoms with Gasteiger partial charge in [0.25, 0.3) is 0 Å². The number of ketones is 1. The van der Waals surface area contributed by atoms with Crippen molar-refractivity contribution in [1.82, 2.24) is 25.1 Å². The van der Waals surface area contributed by atoms with Crippen LogP contribution >= 0.6 is 22.7 Å². The molecule has 1 saturated heterocycles. The summed E-state index contributed by atoms with van der Waals surface area (Å²) < 4.78 is 5.52. The Balaban J connectivity index is 1.26. The molecule has 0 bridgehead atoms. The first-order valence-electron chi connectivity index (χ1n) is 17.6. The molecule has 3 heterocycles. The predicted molar refractivity (Wildman–Crippen MR) is 199 cm³/mol. The molecule has 0 spiro atoms. The summed E-state index contributed by atoms with van der Waals surface area (Å²) in [6.07, 6.45) is 6.88. The lowest BCUT2D eigenvalue weighted by molar-refractivity contribution is -0.125. The van der Waals surface area contributed by atoms with Gasteiger partial charge in [0.2, 0.25) is 0 Å². The molecule has 2 aromatic carbocycles. The van der Waals surface area contributed by atoms with Gasteiger partial charge in [-0.05, 0) is 62.0 Å². The fraction of sp³-hybridized carbons (Fsp3) is 0.462. The Labute approximate surface area is 304 Å². The lowest BCUT2D eigenvalue weighted by Crippen LogP contribution is -2.52. The van der Waals surface area contributed by atoms with Gasteiger partial charge in [-0.1, -0.05) is 74.5 Å². The van der Waals surface area contributed by atoms with Gasteiger partial charge < -0.3 is 19.9 Å². The largest absolute Gasteiger partial charge is 0.444 e. The smallest absolute Gasteiger partial charge is 0.407 e. The second-order valence-electron chi connectivity index (χ2n) is 13.6. The maximum absolute atomic E-state index is 14.2. The number of nitrogens with zero attached hydrogens (tertiary/aromatic N) is 4. The van der Waals surface area contributed by atoms with Crippen LogP contribution in [0.25, 0.3) is 0 Å². The third kappa shape index (κ3) is 11.2. The number of hydrogen-bond acceptors (Lipinski definition) is 8. The highest BCUT2D eigenvalue weighted by Gasteiger charge is 2.35. The minimum atomic E-state index is -0.464. The number of likely N-dealkylation sites (tertiary alicyclic amines) is 1. The summed E-state index contributed by atoms with van der Waals surface area (Å²) in [6, 6.07) is 19.6. The van der Waals surface area contributed by atoms with Gasteiger partial charge in [-0.3, -0.25) is 9.78 Å². The molecule has 0 unspecified atom stereocenters. The van der Waals surface area contributed by atoms with Crippen molar-refractivity contribution < 1.29 is 19.1 Å². The van der Waals surface area contributed by atoms with Crippen LogP contribution in [0.2, 0.25) is 0 Å². The fourth-order valence-corrected chi connectivity index (χ4v) is 7.88. The zero-order valence-corrected chi connectivity index (χ0v) is 31.0. The number of amides is 3. The highest BCUT2D eigenvalue weighted by molar-refractivity contribution is 7.09. The summed E-state index contributed by atoms with van der Waals surface area (Å²) >= 11 is 3.07. The molecule has 5 rings (SSSR count). The Hall–Kier alpha value is -4.09. The van der Waals surface area contributed by atoms with Crippen LogP contribution in [0.3, 0.4) is 0 Å². The molecule has 1 fully saturated rings. The van der Waals surface area contributed by atoms with Crippen LogP contribution in [-0.2, 0) is 35.5 Å². The number of carbonyl (C=O) groups excluding carboxylic acids is 3. The molecular weight excluding hydrogens is 667 g/mol. The SMILES string of the molecule is CC(C)c1nc(CN(C)C(=O)N2CCCC[C@H]2C(=O)C[C@H](CC[C@H](Cc2ccccc2)NC(=O)OCc2cncs2)Cc2ccccc2)cs1. The van der Waals surface area contributed by atoms with Crippen molar-refractivity contribution in [3.63, 3.8) is 0 Å². The molecule has 1 aliphatic rings. The van der Waals surface area contributed by atoms with E-state index in [1.54, 1.807) is 39.9 Å². The molecule has 2 aromatic heterocycles. The molecule has 0 radical (unpaired) electrons. The number of benzene rings is 2. The zero-order valence-electron chi connectivity index (χ0n) is 29.3. The summed E-state index contributed by atoms with van der Waals surface area (Å²) in [5.41, 5.74) is 4.88. The van der Waals surface area contributed by atoms with E-state index >= 15 is 0 Å². The molecule has 1 aliphatic heterocycles. The maximum Gasteiger partial charge on any atom is 0.407 e. The van der Waals surface area contributed by atoms with E-state index in [-0.39, 0.29) is 30.4 Å². The Morgan fingerprint density at radius 2 is 1.70 bits per heavy atom. The van der Waals surface area contributed by atoms with Gasteiger partial charge in [-0.2, -0.15) is 0 Å². The quantitative estimate of drug-likeness (QED) is 0.125. The molecule has 0 aliphatic carbocycles. The number of alkyl carbamates (subject to hydrolysis) is 1. The number of thiazole rings is 2. The first-order chi connectivity index (χ1) is 24.2. The first kappa shape index (κ1) is 37.2. The fourth-order valence-electron chi connectivity index (χ4n) is 6.55. The monoisotopic (exact) mass is 715 g/mol. The molecule has 0 saturated carbocycles. The van der Waals surface area contributed by atoms with Crippen molar-refractivity contribution in [2.45, 2.75) is 96.4 Å². The van der Waals surface area contributed by atoms with Crippen LogP contribution in [0.15, 0.2) is 77.8 Å². The van der Waals surface area contributed by atoms with Crippen LogP contribution in [0.4, 0.5) is 9.59 Å². The minimum absolute atomic E-state index is 0.0410. The van der Waals surface area contributed by atoms with Crippen LogP contribution < -0.4 is 5.32 Å². The highest BCUT2D eigenvalue weighted by atomic mass is 32.1. The summed E-state index contributed by atoms with van der Waals surface area (Å²) in [7, 11) is 1.80. The summed E-state index contributed by atoms with van der Waals surface area (Å²) in [4.78, 5) is 54.0. The standard InChI is InChI=1S/C39H49N5O4S2/c1-28(2)37-41-33(26-49-37)24-43(3)39(47)44-19-11-10-16-35(44)36(45)22-31(20-29-12-6-4-7-13-29)17-18-32(21-30-14-8-5-9-15-30)42-38(46)48-25-34-23-40-27-50-34/h4-9,12-15,23,26-28,31-32,35H,10-11,16-22,24-25H2,1-3H3,(H,42,46)/t31-,32-,35+/m1/s1. The van der Waals surface area contributed by atoms with E-state index in [9.17, 15) is 14.4 Å². The zero-order chi connectivity index (χ0) is 35.3. The van der Waals surface area contributed by atoms with Crippen LogP contribution in [0, 0.1) is 5.92 Å². The van der Waals surface area contributed by atoms with Gasteiger partial charge >= 0.3 is 12.1 Å². The van der Waals surface area contributed by atoms with Gasteiger partial charge in [0.1, 0.15) is 6.61 Å². The molecular formula is C39H49N5O4S2. The second-order valence-corrected chi connectivity index (χ2v) is 15.4. The number of piperidine rings is 1. The van der Waals surface area contributed by atoms with E-state index in [0.29, 0.717) is 44.7 Å². The third-order valence-corrected chi connectivity index (χ3v) is 11.1. The van der Waals surface area contributed by atoms with Crippen LogP contribution in [-0.4, -0.2) is 63.4 Å². The second kappa shape index (κ2) is 18.8. The molecule has 3 atom stereocenters. The number of ether oxygens (including phenoxy) is 1. The van der Waals surface area contributed by atoms with E-state index in [1.807, 2.05) is 41.8 Å². The van der Waals surface area contributed by atoms with E-state index < -0.39 is 12.1 Å². The molecule has 9 nitrogen and oxygen atoms in total. The minimum Gasteiger partial charge on any atom is -0.444 e. The molecule has 11 heteroatoms. The predicted octanol–water partition coefficient (Wildman–Crippen LogP) is 8.27. The number of carbonyl (C=O) groups is 3. The van der Waals surface area contributed by atoms with Crippen molar-refractivity contribution >= 4 is 40.6 Å². The van der Waals surface area contributed by atoms with Gasteiger partial charge in [0.15, 0.2) is 5.78 Å². The third-order valence-electron chi connectivity index (χ3n) is 9.17. The van der Waals surface area contributed by atoms with Crippen molar-refractivity contribution in [2.24, 2.45) is 5.92 Å². The van der Waals surface area contributed by atoms with E-state index in [4.69, 9.17) is 9.72 Å². The lowest BCUT2D eigenvalue weighted by Gasteiger charge is -2.37. The number of hydrogen-bond donors (Lipinski definition) is 1. The summed E-state index contributed by atoms with van der Waals surface area (Å²) in [5.74, 6) is 0.494. The average molecular weight is 716 g/mol. The van der Waals surface area contributed by atoms with Crippen molar-refractivity contribution in [1.29, 1.82) is 0 Å². The Morgan fingerprint density at radius 3 is 2.36 bits per heavy atom. The molecule has 4 aromatic rings. The first-order valence-corrected chi connectivity index (χ1v) is 19.4. The molecule has 3 amide bonds. The van der Waals surface area contributed by atoms with E-state index in [2.05, 4.69) is 48.4 Å². The molecule has 1 N–H and O–H groups in total. The van der Waals surface area contributed by atoms with Crippen LogP contribution in [0.5, 0.6) is 0 Å². The molecule has 50 heavy (non-hydrogen) atoms. The topological polar surface area (TPSA) is 105 Å². The summed E-state index contributed by atoms with van der Waals surface area (Å²) in [6.45, 7) is 5.40. The van der Waals surface area contributed by atoms with E-state index in [0.717, 1.165) is 46.8 Å². The number of urea groups is 1. The van der Waals surface area contributed by atoms with Gasteiger partial charge in [-0.25, -0.2) is 14.6 Å². The Bertz CT molecular complexity index is 1630. The molecule has 266 valence electrons. The number of Topliss-reactive ketones (excluding diaryl/α,β-unsaturated/α-hetero) is 1. The summed E-state index contributed by atoms with van der Waals surface area (Å²) in [5, 5.41) is 6.18. The van der Waals surface area contributed by atoms with Gasteiger partial charge in [0.05, 0.1) is 33.7 Å². The average Bonchev–Trinajstić information content (AvgIpc) is 3.83. The number of rotatable bonds is 16. The van der Waals surface area contributed by atoms with Crippen molar-refractivity contribution in [3.05, 3.63) is 104 Å². The van der Waals surface area contributed by atoms with Crippen LogP contribution in [0.1, 0.15) is 85.0 Å².